The molecule has 0 saturated heterocycles. The van der Waals surface area contributed by atoms with Crippen LogP contribution in [0.15, 0.2) is 21.3 Å². The SMILES string of the molecule is O=C(O)CSCCNC(=O)CCc1nc(-c2ccsc2)no1. The van der Waals surface area contributed by atoms with Crippen LogP contribution in [0.3, 0.4) is 0 Å². The van der Waals surface area contributed by atoms with Gasteiger partial charge in [-0.2, -0.15) is 16.3 Å². The van der Waals surface area contributed by atoms with E-state index in [-0.39, 0.29) is 18.1 Å². The first-order valence-corrected chi connectivity index (χ1v) is 8.66. The van der Waals surface area contributed by atoms with E-state index in [1.165, 1.54) is 11.8 Å². The van der Waals surface area contributed by atoms with E-state index in [1.807, 2.05) is 16.8 Å². The summed E-state index contributed by atoms with van der Waals surface area (Å²) < 4.78 is 5.10. The van der Waals surface area contributed by atoms with Crippen molar-refractivity contribution in [1.29, 1.82) is 0 Å². The molecule has 0 unspecified atom stereocenters. The highest BCUT2D eigenvalue weighted by Crippen LogP contribution is 2.18. The molecule has 2 aromatic rings. The summed E-state index contributed by atoms with van der Waals surface area (Å²) >= 11 is 2.82. The fourth-order valence-electron chi connectivity index (χ4n) is 1.60. The van der Waals surface area contributed by atoms with Gasteiger partial charge in [-0.1, -0.05) is 5.16 Å². The van der Waals surface area contributed by atoms with E-state index in [0.717, 1.165) is 5.56 Å². The summed E-state index contributed by atoms with van der Waals surface area (Å²) in [6.07, 6.45) is 0.639. The fraction of sp³-hybridized carbons (Fsp3) is 0.385. The van der Waals surface area contributed by atoms with E-state index in [9.17, 15) is 9.59 Å². The van der Waals surface area contributed by atoms with Gasteiger partial charge in [0.2, 0.25) is 17.6 Å². The Balaban J connectivity index is 1.65. The molecule has 7 nitrogen and oxygen atoms in total. The van der Waals surface area contributed by atoms with Gasteiger partial charge in [0, 0.05) is 36.1 Å². The Morgan fingerprint density at radius 1 is 1.45 bits per heavy atom. The number of amides is 1. The van der Waals surface area contributed by atoms with E-state index >= 15 is 0 Å². The van der Waals surface area contributed by atoms with Crippen molar-refractivity contribution < 1.29 is 19.2 Å². The molecule has 0 aromatic carbocycles. The molecule has 0 spiro atoms. The van der Waals surface area contributed by atoms with Gasteiger partial charge >= 0.3 is 5.97 Å². The van der Waals surface area contributed by atoms with Crippen molar-refractivity contribution in [1.82, 2.24) is 15.5 Å². The first kappa shape index (κ1) is 16.5. The number of rotatable bonds is 9. The smallest absolute Gasteiger partial charge is 0.313 e. The number of aliphatic carboxylic acids is 1. The summed E-state index contributed by atoms with van der Waals surface area (Å²) in [6.45, 7) is 0.445. The molecule has 0 saturated carbocycles. The largest absolute Gasteiger partial charge is 0.481 e. The van der Waals surface area contributed by atoms with E-state index in [1.54, 1.807) is 11.3 Å². The van der Waals surface area contributed by atoms with Gasteiger partial charge in [0.25, 0.3) is 0 Å². The lowest BCUT2D eigenvalue weighted by Gasteiger charge is -2.02. The van der Waals surface area contributed by atoms with Gasteiger partial charge in [0.05, 0.1) is 5.75 Å². The number of aryl methyl sites for hydroxylation is 1. The highest BCUT2D eigenvalue weighted by atomic mass is 32.2. The lowest BCUT2D eigenvalue weighted by molar-refractivity contribution is -0.133. The summed E-state index contributed by atoms with van der Waals surface area (Å²) in [5.74, 6) is 0.600. The predicted octanol–water partition coefficient (Wildman–Crippen LogP) is 1.66. The van der Waals surface area contributed by atoms with Crippen LogP contribution in [-0.4, -0.2) is 45.2 Å². The Labute approximate surface area is 135 Å². The molecule has 2 heterocycles. The first-order valence-electron chi connectivity index (χ1n) is 6.56. The molecule has 118 valence electrons. The van der Waals surface area contributed by atoms with Gasteiger partial charge in [-0.3, -0.25) is 9.59 Å². The van der Waals surface area contributed by atoms with Crippen molar-refractivity contribution >= 4 is 35.0 Å². The molecule has 0 fully saturated rings. The van der Waals surface area contributed by atoms with Crippen molar-refractivity contribution in [3.05, 3.63) is 22.7 Å². The quantitative estimate of drug-likeness (QED) is 0.668. The highest BCUT2D eigenvalue weighted by Gasteiger charge is 2.10. The van der Waals surface area contributed by atoms with Crippen LogP contribution in [-0.2, 0) is 16.0 Å². The first-order chi connectivity index (χ1) is 10.6. The van der Waals surface area contributed by atoms with Crippen LogP contribution in [0.25, 0.3) is 11.4 Å². The zero-order valence-electron chi connectivity index (χ0n) is 11.7. The minimum absolute atomic E-state index is 0.0449. The molecule has 22 heavy (non-hydrogen) atoms. The summed E-state index contributed by atoms with van der Waals surface area (Å²) in [5.41, 5.74) is 0.903. The Bertz CT molecular complexity index is 613. The minimum atomic E-state index is -0.853. The summed E-state index contributed by atoms with van der Waals surface area (Å²) in [4.78, 5) is 26.2. The molecule has 0 radical (unpaired) electrons. The Hall–Kier alpha value is -1.87. The molecule has 2 aromatic heterocycles. The number of nitrogens with one attached hydrogen (secondary N) is 1. The lowest BCUT2D eigenvalue weighted by Crippen LogP contribution is -2.26. The van der Waals surface area contributed by atoms with Crippen LogP contribution in [0.5, 0.6) is 0 Å². The van der Waals surface area contributed by atoms with Gasteiger partial charge in [0.1, 0.15) is 0 Å². The second kappa shape index (κ2) is 8.54. The van der Waals surface area contributed by atoms with Crippen LogP contribution < -0.4 is 5.32 Å². The van der Waals surface area contributed by atoms with Crippen molar-refractivity contribution in [3.63, 3.8) is 0 Å². The van der Waals surface area contributed by atoms with Crippen LogP contribution in [0.4, 0.5) is 0 Å². The zero-order chi connectivity index (χ0) is 15.8. The molecular weight excluding hydrogens is 326 g/mol. The molecule has 1 amide bonds. The second-order valence-corrected chi connectivity index (χ2v) is 6.21. The molecule has 0 aliphatic rings. The Morgan fingerprint density at radius 2 is 2.32 bits per heavy atom. The number of hydrogen-bond acceptors (Lipinski definition) is 7. The average molecular weight is 341 g/mol. The fourth-order valence-corrected chi connectivity index (χ4v) is 2.80. The normalized spacial score (nSPS) is 10.5. The monoisotopic (exact) mass is 341 g/mol. The van der Waals surface area contributed by atoms with E-state index in [0.29, 0.717) is 30.4 Å². The summed E-state index contributed by atoms with van der Waals surface area (Å²) in [6, 6.07) is 1.90. The maximum Gasteiger partial charge on any atom is 0.313 e. The second-order valence-electron chi connectivity index (χ2n) is 4.32. The van der Waals surface area contributed by atoms with Crippen molar-refractivity contribution in [2.24, 2.45) is 0 Å². The predicted molar refractivity (Wildman–Crippen MR) is 83.9 cm³/mol. The Kier molecular flexibility index (Phi) is 6.41. The molecule has 2 N–H and O–H groups in total. The molecule has 0 aliphatic carbocycles. The number of carboxylic acid groups (broad SMARTS) is 1. The molecule has 0 atom stereocenters. The minimum Gasteiger partial charge on any atom is -0.481 e. The average Bonchev–Trinajstić information content (AvgIpc) is 3.15. The molecule has 0 bridgehead atoms. The number of hydrogen-bond donors (Lipinski definition) is 2. The van der Waals surface area contributed by atoms with Crippen LogP contribution in [0.2, 0.25) is 0 Å². The maximum absolute atomic E-state index is 11.6. The van der Waals surface area contributed by atoms with Crippen molar-refractivity contribution in [2.45, 2.75) is 12.8 Å². The van der Waals surface area contributed by atoms with E-state index in [2.05, 4.69) is 15.5 Å². The number of carbonyl (C=O) groups is 2. The number of thiophene rings is 1. The number of carboxylic acids is 1. The summed E-state index contributed by atoms with van der Waals surface area (Å²) in [7, 11) is 0. The number of nitrogens with zero attached hydrogens (tertiary/aromatic N) is 2. The molecule has 2 rings (SSSR count). The highest BCUT2D eigenvalue weighted by molar-refractivity contribution is 7.99. The third kappa shape index (κ3) is 5.49. The maximum atomic E-state index is 11.6. The zero-order valence-corrected chi connectivity index (χ0v) is 13.3. The van der Waals surface area contributed by atoms with Crippen molar-refractivity contribution in [3.8, 4) is 11.4 Å². The van der Waals surface area contributed by atoms with Gasteiger partial charge < -0.3 is 14.9 Å². The van der Waals surface area contributed by atoms with Crippen LogP contribution in [0.1, 0.15) is 12.3 Å². The topological polar surface area (TPSA) is 105 Å². The molecular formula is C13H15N3O4S2. The summed E-state index contributed by atoms with van der Waals surface area (Å²) in [5, 5.41) is 18.9. The Morgan fingerprint density at radius 3 is 3.05 bits per heavy atom. The number of thioether (sulfide) groups is 1. The van der Waals surface area contributed by atoms with Gasteiger partial charge in [-0.15, -0.1) is 11.8 Å². The lowest BCUT2D eigenvalue weighted by atomic mass is 10.3. The standard InChI is InChI=1S/C13H15N3O4S2/c17-10(14-4-6-22-8-12(18)19)1-2-11-15-13(16-20-11)9-3-5-21-7-9/h3,5,7H,1-2,4,6,8H2,(H,14,17)(H,18,19). The van der Waals surface area contributed by atoms with Crippen molar-refractivity contribution in [2.75, 3.05) is 18.1 Å². The van der Waals surface area contributed by atoms with E-state index < -0.39 is 5.97 Å². The number of aromatic nitrogens is 2. The van der Waals surface area contributed by atoms with Gasteiger partial charge in [-0.25, -0.2) is 0 Å². The van der Waals surface area contributed by atoms with Gasteiger partial charge in [-0.05, 0) is 11.4 Å². The third-order valence-electron chi connectivity index (χ3n) is 2.61. The third-order valence-corrected chi connectivity index (χ3v) is 4.23. The molecule has 0 aliphatic heterocycles. The van der Waals surface area contributed by atoms with Crippen LogP contribution in [0, 0.1) is 0 Å². The molecule has 9 heteroatoms. The number of carbonyl (C=O) groups excluding carboxylic acids is 1. The van der Waals surface area contributed by atoms with Gasteiger partial charge in [0.15, 0.2) is 0 Å². The van der Waals surface area contributed by atoms with E-state index in [4.69, 9.17) is 9.63 Å². The van der Waals surface area contributed by atoms with Crippen LogP contribution >= 0.6 is 23.1 Å².